The van der Waals surface area contributed by atoms with Crippen LogP contribution in [0.5, 0.6) is 5.75 Å². The van der Waals surface area contributed by atoms with Crippen LogP contribution in [0.4, 0.5) is 0 Å². The molecule has 1 heterocycles. The number of hydrogen-bond donors (Lipinski definition) is 1. The third-order valence-corrected chi connectivity index (χ3v) is 3.79. The quantitative estimate of drug-likeness (QED) is 0.842. The second kappa shape index (κ2) is 7.95. The van der Waals surface area contributed by atoms with Crippen LogP contribution in [0.2, 0.25) is 0 Å². The van der Waals surface area contributed by atoms with Gasteiger partial charge in [0.1, 0.15) is 5.75 Å². The fourth-order valence-corrected chi connectivity index (χ4v) is 2.35. The maximum Gasteiger partial charge on any atom is 0.278 e. The summed E-state index contributed by atoms with van der Waals surface area (Å²) in [7, 11) is 1.64. The predicted molar refractivity (Wildman–Crippen MR) is 84.7 cm³/mol. The third kappa shape index (κ3) is 4.68. The second-order valence-electron chi connectivity index (χ2n) is 4.76. The van der Waals surface area contributed by atoms with E-state index >= 15 is 0 Å². The number of ether oxygens (including phenoxy) is 2. The smallest absolute Gasteiger partial charge is 0.278 e. The van der Waals surface area contributed by atoms with Gasteiger partial charge in [0, 0.05) is 19.6 Å². The molecule has 2 rings (SSSR count). The first-order valence-corrected chi connectivity index (χ1v) is 7.39. The van der Waals surface area contributed by atoms with Crippen molar-refractivity contribution >= 4 is 23.1 Å². The van der Waals surface area contributed by atoms with Gasteiger partial charge in [0.15, 0.2) is 4.99 Å². The fraction of sp³-hybridized carbons (Fsp3) is 0.467. The summed E-state index contributed by atoms with van der Waals surface area (Å²) in [6, 6.07) is 7.81. The molecule has 0 bridgehead atoms. The number of benzene rings is 1. The summed E-state index contributed by atoms with van der Waals surface area (Å²) in [5.41, 5.74) is 1.15. The number of nitrogens with one attached hydrogen (secondary N) is 1. The maximum absolute atomic E-state index is 12.0. The van der Waals surface area contributed by atoms with Crippen molar-refractivity contribution in [3.05, 3.63) is 29.8 Å². The van der Waals surface area contributed by atoms with Gasteiger partial charge in [-0.1, -0.05) is 24.4 Å². The van der Waals surface area contributed by atoms with E-state index in [-0.39, 0.29) is 5.91 Å². The van der Waals surface area contributed by atoms with Crippen molar-refractivity contribution in [2.75, 3.05) is 40.0 Å². The maximum atomic E-state index is 12.0. The molecule has 1 aromatic carbocycles. The van der Waals surface area contributed by atoms with Crippen LogP contribution in [-0.4, -0.2) is 55.8 Å². The predicted octanol–water partition coefficient (Wildman–Crippen LogP) is 1.01. The average Bonchev–Trinajstić information content (AvgIpc) is 2.55. The Balaban J connectivity index is 1.74. The van der Waals surface area contributed by atoms with Crippen molar-refractivity contribution in [2.24, 2.45) is 0 Å². The van der Waals surface area contributed by atoms with Crippen LogP contribution in [-0.2, 0) is 16.0 Å². The molecule has 5 nitrogen and oxygen atoms in total. The molecule has 1 N–H and O–H groups in total. The Labute approximate surface area is 130 Å². The molecule has 114 valence electrons. The third-order valence-electron chi connectivity index (χ3n) is 3.35. The van der Waals surface area contributed by atoms with Gasteiger partial charge >= 0.3 is 0 Å². The molecule has 1 aromatic rings. The first kappa shape index (κ1) is 15.7. The Kier molecular flexibility index (Phi) is 5.95. The van der Waals surface area contributed by atoms with E-state index in [0.717, 1.165) is 17.7 Å². The Hall–Kier alpha value is -1.66. The van der Waals surface area contributed by atoms with Crippen molar-refractivity contribution in [1.82, 2.24) is 10.2 Å². The summed E-state index contributed by atoms with van der Waals surface area (Å²) in [5, 5.41) is 2.86. The lowest BCUT2D eigenvalue weighted by Gasteiger charge is -2.28. The summed E-state index contributed by atoms with van der Waals surface area (Å²) in [6.45, 7) is 3.18. The topological polar surface area (TPSA) is 50.8 Å². The molecule has 1 fully saturated rings. The van der Waals surface area contributed by atoms with Gasteiger partial charge in [-0.3, -0.25) is 4.79 Å². The Morgan fingerprint density at radius 2 is 2.00 bits per heavy atom. The standard InChI is InChI=1S/C15H20N2O3S/c1-19-13-4-2-12(3-5-13)6-7-16-14(18)15(21)17-8-10-20-11-9-17/h2-5H,6-11H2,1H3,(H,16,18). The molecule has 1 aliphatic heterocycles. The van der Waals surface area contributed by atoms with Crippen LogP contribution in [0.25, 0.3) is 0 Å². The van der Waals surface area contributed by atoms with Gasteiger partial charge < -0.3 is 19.7 Å². The van der Waals surface area contributed by atoms with E-state index in [9.17, 15) is 4.79 Å². The second-order valence-corrected chi connectivity index (χ2v) is 5.15. The van der Waals surface area contributed by atoms with E-state index in [1.54, 1.807) is 7.11 Å². The van der Waals surface area contributed by atoms with Gasteiger partial charge in [-0.15, -0.1) is 0 Å². The molecule has 0 aromatic heterocycles. The van der Waals surface area contributed by atoms with Crippen molar-refractivity contribution in [2.45, 2.75) is 6.42 Å². The highest BCUT2D eigenvalue weighted by Crippen LogP contribution is 2.11. The van der Waals surface area contributed by atoms with Gasteiger partial charge in [0.25, 0.3) is 5.91 Å². The van der Waals surface area contributed by atoms with E-state index in [2.05, 4.69) is 5.32 Å². The summed E-state index contributed by atoms with van der Waals surface area (Å²) in [6.07, 6.45) is 0.765. The van der Waals surface area contributed by atoms with Crippen molar-refractivity contribution < 1.29 is 14.3 Å². The molecule has 1 amide bonds. The van der Waals surface area contributed by atoms with Crippen LogP contribution in [0.1, 0.15) is 5.56 Å². The number of nitrogens with zero attached hydrogens (tertiary/aromatic N) is 1. The van der Waals surface area contributed by atoms with Crippen LogP contribution < -0.4 is 10.1 Å². The molecule has 0 atom stereocenters. The molecule has 1 saturated heterocycles. The Morgan fingerprint density at radius 1 is 1.33 bits per heavy atom. The van der Waals surface area contributed by atoms with Gasteiger partial charge in [-0.2, -0.15) is 0 Å². The number of carbonyl (C=O) groups excluding carboxylic acids is 1. The number of carbonyl (C=O) groups is 1. The molecule has 21 heavy (non-hydrogen) atoms. The van der Waals surface area contributed by atoms with Crippen LogP contribution in [0.3, 0.4) is 0 Å². The highest BCUT2D eigenvalue weighted by Gasteiger charge is 2.19. The monoisotopic (exact) mass is 308 g/mol. The zero-order valence-electron chi connectivity index (χ0n) is 12.1. The van der Waals surface area contributed by atoms with Crippen LogP contribution >= 0.6 is 12.2 Å². The molecule has 0 spiro atoms. The zero-order valence-corrected chi connectivity index (χ0v) is 12.9. The minimum atomic E-state index is -0.180. The highest BCUT2D eigenvalue weighted by molar-refractivity contribution is 7.82. The number of hydrogen-bond acceptors (Lipinski definition) is 4. The minimum absolute atomic E-state index is 0.180. The van der Waals surface area contributed by atoms with Crippen molar-refractivity contribution in [3.63, 3.8) is 0 Å². The molecule has 1 aliphatic rings. The number of rotatable bonds is 4. The van der Waals surface area contributed by atoms with Crippen LogP contribution in [0.15, 0.2) is 24.3 Å². The van der Waals surface area contributed by atoms with Crippen molar-refractivity contribution in [3.8, 4) is 5.75 Å². The SMILES string of the molecule is COc1ccc(CCNC(=O)C(=S)N2CCOCC2)cc1. The number of morpholine rings is 1. The van der Waals surface area contributed by atoms with Gasteiger partial charge in [0.2, 0.25) is 0 Å². The van der Waals surface area contributed by atoms with Gasteiger partial charge in [-0.05, 0) is 24.1 Å². The lowest BCUT2D eigenvalue weighted by molar-refractivity contribution is -0.115. The number of amides is 1. The van der Waals surface area contributed by atoms with Crippen LogP contribution in [0, 0.1) is 0 Å². The van der Waals surface area contributed by atoms with E-state index in [0.29, 0.717) is 37.8 Å². The van der Waals surface area contributed by atoms with Gasteiger partial charge in [0.05, 0.1) is 20.3 Å². The van der Waals surface area contributed by atoms with Crippen molar-refractivity contribution in [1.29, 1.82) is 0 Å². The summed E-state index contributed by atoms with van der Waals surface area (Å²) in [5.74, 6) is 0.650. The lowest BCUT2D eigenvalue weighted by atomic mass is 10.1. The summed E-state index contributed by atoms with van der Waals surface area (Å²) >= 11 is 5.20. The molecule has 0 radical (unpaired) electrons. The first-order valence-electron chi connectivity index (χ1n) is 6.98. The normalized spacial score (nSPS) is 14.6. The lowest BCUT2D eigenvalue weighted by Crippen LogP contribution is -2.47. The van der Waals surface area contributed by atoms with E-state index in [1.807, 2.05) is 29.2 Å². The zero-order chi connectivity index (χ0) is 15.1. The number of methoxy groups -OCH3 is 1. The van der Waals surface area contributed by atoms with E-state index in [1.165, 1.54) is 0 Å². The molecular formula is C15H20N2O3S. The van der Waals surface area contributed by atoms with E-state index < -0.39 is 0 Å². The molecule has 0 aliphatic carbocycles. The molecule has 6 heteroatoms. The highest BCUT2D eigenvalue weighted by atomic mass is 32.1. The minimum Gasteiger partial charge on any atom is -0.497 e. The fourth-order valence-electron chi connectivity index (χ4n) is 2.10. The molecular weight excluding hydrogens is 288 g/mol. The molecule has 0 unspecified atom stereocenters. The Bertz CT molecular complexity index is 484. The van der Waals surface area contributed by atoms with Gasteiger partial charge in [-0.25, -0.2) is 0 Å². The van der Waals surface area contributed by atoms with E-state index in [4.69, 9.17) is 21.7 Å². The average molecular weight is 308 g/mol. The first-order chi connectivity index (χ1) is 10.2. The Morgan fingerprint density at radius 3 is 2.62 bits per heavy atom. The summed E-state index contributed by atoms with van der Waals surface area (Å²) in [4.78, 5) is 14.2. The summed E-state index contributed by atoms with van der Waals surface area (Å²) < 4.78 is 10.4. The largest absolute Gasteiger partial charge is 0.497 e. The number of thiocarbonyl (C=S) groups is 1. The molecule has 0 saturated carbocycles.